The lowest BCUT2D eigenvalue weighted by atomic mass is 9.88. The molecule has 0 aromatic heterocycles. The molecular weight excluding hydrogens is 280 g/mol. The Morgan fingerprint density at radius 2 is 1.23 bits per heavy atom. The quantitative estimate of drug-likeness (QED) is 0.484. The highest BCUT2D eigenvalue weighted by Crippen LogP contribution is 2.23. The molecular formula is C17H36N2O3. The van der Waals surface area contributed by atoms with E-state index in [0.29, 0.717) is 13.1 Å². The first-order chi connectivity index (χ1) is 10.1. The van der Waals surface area contributed by atoms with E-state index in [9.17, 15) is 15.0 Å². The van der Waals surface area contributed by atoms with Gasteiger partial charge in [-0.3, -0.25) is 0 Å². The normalized spacial score (nSPS) is 12.5. The topological polar surface area (TPSA) is 86.8 Å². The molecule has 132 valence electrons. The molecule has 0 radical (unpaired) electrons. The van der Waals surface area contributed by atoms with Crippen LogP contribution in [0.5, 0.6) is 0 Å². The van der Waals surface area contributed by atoms with Crippen LogP contribution in [0.1, 0.15) is 66.2 Å². The van der Waals surface area contributed by atoms with Crippen LogP contribution in [0.3, 0.4) is 0 Å². The highest BCUT2D eigenvalue weighted by Gasteiger charge is 2.17. The monoisotopic (exact) mass is 316 g/mol. The molecule has 0 aliphatic carbocycles. The minimum atomic E-state index is -0.358. The minimum absolute atomic E-state index is 0.0482. The van der Waals surface area contributed by atoms with E-state index in [1.807, 2.05) is 27.7 Å². The Morgan fingerprint density at radius 1 is 0.864 bits per heavy atom. The average molecular weight is 316 g/mol. The van der Waals surface area contributed by atoms with E-state index in [4.69, 9.17) is 5.73 Å². The molecule has 0 heterocycles. The molecule has 0 aliphatic heterocycles. The van der Waals surface area contributed by atoms with Crippen LogP contribution in [0.15, 0.2) is 0 Å². The molecule has 0 fully saturated rings. The summed E-state index contributed by atoms with van der Waals surface area (Å²) in [4.78, 5) is 13.2. The first-order valence-electron chi connectivity index (χ1n) is 8.40. The number of aliphatic hydroxyl groups is 2. The lowest BCUT2D eigenvalue weighted by molar-refractivity contribution is 0.143. The predicted molar refractivity (Wildman–Crippen MR) is 90.6 cm³/mol. The van der Waals surface area contributed by atoms with E-state index in [2.05, 4.69) is 0 Å². The van der Waals surface area contributed by atoms with Crippen molar-refractivity contribution in [2.24, 2.45) is 16.6 Å². The van der Waals surface area contributed by atoms with Crippen molar-refractivity contribution in [1.82, 2.24) is 4.90 Å². The Labute approximate surface area is 135 Å². The molecule has 4 N–H and O–H groups in total. The van der Waals surface area contributed by atoms with Gasteiger partial charge in [-0.2, -0.15) is 0 Å². The number of hydrogen-bond donors (Lipinski definition) is 3. The highest BCUT2D eigenvalue weighted by atomic mass is 16.3. The molecule has 0 atom stereocenters. The number of urea groups is 1. The summed E-state index contributed by atoms with van der Waals surface area (Å²) >= 11 is 0. The van der Waals surface area contributed by atoms with Crippen molar-refractivity contribution in [3.63, 3.8) is 0 Å². The van der Waals surface area contributed by atoms with Crippen LogP contribution in [-0.2, 0) is 0 Å². The predicted octanol–water partition coefficient (Wildman–Crippen LogP) is 2.74. The van der Waals surface area contributed by atoms with Crippen LogP contribution in [0.4, 0.5) is 4.79 Å². The summed E-state index contributed by atoms with van der Waals surface area (Å²) in [6.07, 6.45) is 5.67. The lowest BCUT2D eigenvalue weighted by Crippen LogP contribution is -2.37. The number of amides is 2. The van der Waals surface area contributed by atoms with Crippen LogP contribution < -0.4 is 5.73 Å². The van der Waals surface area contributed by atoms with E-state index in [1.165, 1.54) is 0 Å². The summed E-state index contributed by atoms with van der Waals surface area (Å²) in [5.74, 6) is 0. The molecule has 5 nitrogen and oxygen atoms in total. The maximum Gasteiger partial charge on any atom is 0.314 e. The maximum absolute atomic E-state index is 11.5. The number of unbranched alkanes of at least 4 members (excludes halogenated alkanes) is 2. The molecule has 5 heteroatoms. The Hall–Kier alpha value is -0.810. The standard InChI is InChI=1S/C17H36N2O3/c1-16(2,13-20)9-5-7-11-19(15(18)22)12-8-6-10-17(3,4)14-21/h20-21H,5-14H2,1-4H3,(H2,18,22). The first-order valence-corrected chi connectivity index (χ1v) is 8.40. The van der Waals surface area contributed by atoms with Crippen LogP contribution >= 0.6 is 0 Å². The van der Waals surface area contributed by atoms with Crippen molar-refractivity contribution in [1.29, 1.82) is 0 Å². The van der Waals surface area contributed by atoms with Crippen LogP contribution in [0.2, 0.25) is 0 Å². The Kier molecular flexibility index (Phi) is 9.69. The summed E-state index contributed by atoms with van der Waals surface area (Å²) in [5, 5.41) is 18.4. The van der Waals surface area contributed by atoms with Crippen LogP contribution in [0, 0.1) is 10.8 Å². The van der Waals surface area contributed by atoms with E-state index in [1.54, 1.807) is 4.90 Å². The van der Waals surface area contributed by atoms with Gasteiger partial charge in [0.1, 0.15) is 0 Å². The van der Waals surface area contributed by atoms with Gasteiger partial charge >= 0.3 is 6.03 Å². The van der Waals surface area contributed by atoms with E-state index < -0.39 is 0 Å². The van der Waals surface area contributed by atoms with Crippen LogP contribution in [0.25, 0.3) is 0 Å². The average Bonchev–Trinajstić information content (AvgIpc) is 2.45. The van der Waals surface area contributed by atoms with Crippen molar-refractivity contribution in [3.8, 4) is 0 Å². The molecule has 0 spiro atoms. The number of nitrogens with two attached hydrogens (primary N) is 1. The zero-order chi connectivity index (χ0) is 17.2. The molecule has 0 bridgehead atoms. The van der Waals surface area contributed by atoms with Gasteiger partial charge in [-0.15, -0.1) is 0 Å². The number of nitrogens with zero attached hydrogens (tertiary/aromatic N) is 1. The van der Waals surface area contributed by atoms with E-state index >= 15 is 0 Å². The molecule has 0 saturated heterocycles. The van der Waals surface area contributed by atoms with Crippen LogP contribution in [-0.4, -0.2) is 47.4 Å². The second kappa shape index (κ2) is 10.1. The van der Waals surface area contributed by atoms with Crippen molar-refractivity contribution in [3.05, 3.63) is 0 Å². The Morgan fingerprint density at radius 3 is 1.50 bits per heavy atom. The largest absolute Gasteiger partial charge is 0.396 e. The summed E-state index contributed by atoms with van der Waals surface area (Å²) in [6, 6.07) is -0.358. The van der Waals surface area contributed by atoms with Gasteiger partial charge in [0, 0.05) is 26.3 Å². The molecule has 22 heavy (non-hydrogen) atoms. The number of rotatable bonds is 12. The zero-order valence-electron chi connectivity index (χ0n) is 14.9. The van der Waals surface area contributed by atoms with Gasteiger partial charge in [0.05, 0.1) is 0 Å². The SMILES string of the molecule is CC(C)(CO)CCCCN(CCCCC(C)(C)CO)C(N)=O. The highest BCUT2D eigenvalue weighted by molar-refractivity contribution is 5.71. The summed E-state index contributed by atoms with van der Waals surface area (Å²) in [7, 11) is 0. The van der Waals surface area contributed by atoms with Gasteiger partial charge in [-0.25, -0.2) is 4.79 Å². The fraction of sp³-hybridized carbons (Fsp3) is 0.941. The van der Waals surface area contributed by atoms with Gasteiger partial charge in [0.2, 0.25) is 0 Å². The zero-order valence-corrected chi connectivity index (χ0v) is 14.9. The fourth-order valence-corrected chi connectivity index (χ4v) is 2.30. The molecule has 0 rings (SSSR count). The fourth-order valence-electron chi connectivity index (χ4n) is 2.30. The van der Waals surface area contributed by atoms with Gasteiger partial charge in [-0.1, -0.05) is 40.5 Å². The number of carbonyl (C=O) groups is 1. The third kappa shape index (κ3) is 10.0. The maximum atomic E-state index is 11.5. The number of carbonyl (C=O) groups excluding carboxylic acids is 1. The first kappa shape index (κ1) is 21.2. The second-order valence-electron chi connectivity index (χ2n) is 7.88. The number of hydrogen-bond acceptors (Lipinski definition) is 3. The summed E-state index contributed by atoms with van der Waals surface area (Å²) in [5.41, 5.74) is 5.34. The van der Waals surface area contributed by atoms with Gasteiger partial charge in [0.25, 0.3) is 0 Å². The van der Waals surface area contributed by atoms with Gasteiger partial charge in [0.15, 0.2) is 0 Å². The van der Waals surface area contributed by atoms with Crippen molar-refractivity contribution >= 4 is 6.03 Å². The molecule has 0 aromatic carbocycles. The Balaban J connectivity index is 3.95. The molecule has 2 amide bonds. The van der Waals surface area contributed by atoms with Crippen molar-refractivity contribution in [2.45, 2.75) is 66.2 Å². The molecule has 0 saturated carbocycles. The number of primary amides is 1. The smallest absolute Gasteiger partial charge is 0.314 e. The molecule has 0 aromatic rings. The Bertz CT molecular complexity index is 293. The second-order valence-corrected chi connectivity index (χ2v) is 7.88. The van der Waals surface area contributed by atoms with Gasteiger partial charge in [-0.05, 0) is 36.5 Å². The van der Waals surface area contributed by atoms with Crippen molar-refractivity contribution < 1.29 is 15.0 Å². The van der Waals surface area contributed by atoms with Gasteiger partial charge < -0.3 is 20.8 Å². The molecule has 0 unspecified atom stereocenters. The number of aliphatic hydroxyl groups excluding tert-OH is 2. The third-order valence-corrected chi connectivity index (χ3v) is 4.23. The van der Waals surface area contributed by atoms with E-state index in [-0.39, 0.29) is 30.1 Å². The molecule has 0 aliphatic rings. The van der Waals surface area contributed by atoms with E-state index in [0.717, 1.165) is 38.5 Å². The van der Waals surface area contributed by atoms with Crippen molar-refractivity contribution in [2.75, 3.05) is 26.3 Å². The summed E-state index contributed by atoms with van der Waals surface area (Å²) < 4.78 is 0. The third-order valence-electron chi connectivity index (χ3n) is 4.23. The minimum Gasteiger partial charge on any atom is -0.396 e. The summed E-state index contributed by atoms with van der Waals surface area (Å²) in [6.45, 7) is 9.91. The lowest BCUT2D eigenvalue weighted by Gasteiger charge is -2.25.